The van der Waals surface area contributed by atoms with E-state index in [1.165, 1.54) is 11.1 Å². The second-order valence-corrected chi connectivity index (χ2v) is 4.25. The molecule has 94 valence electrons. The molecule has 0 spiro atoms. The summed E-state index contributed by atoms with van der Waals surface area (Å²) < 4.78 is 2.13. The lowest BCUT2D eigenvalue weighted by Crippen LogP contribution is -2.38. The van der Waals surface area contributed by atoms with Gasteiger partial charge in [0.2, 0.25) is 0 Å². The Morgan fingerprint density at radius 1 is 1.35 bits per heavy atom. The molecule has 7 nitrogen and oxygen atoms in total. The highest BCUT2D eigenvalue weighted by atomic mass is 16.2. The Kier molecular flexibility index (Phi) is 3.55. The summed E-state index contributed by atoms with van der Waals surface area (Å²) in [5, 5.41) is 9.94. The van der Waals surface area contributed by atoms with Crippen molar-refractivity contribution in [2.24, 2.45) is 0 Å². The van der Waals surface area contributed by atoms with Crippen LogP contribution in [0.5, 0.6) is 0 Å². The van der Waals surface area contributed by atoms with Crippen molar-refractivity contribution in [3.8, 4) is 0 Å². The molecule has 0 aromatic carbocycles. The van der Waals surface area contributed by atoms with Crippen molar-refractivity contribution in [2.45, 2.75) is 45.1 Å². The number of aromatic nitrogens is 4. The monoisotopic (exact) mass is 239 g/mol. The highest BCUT2D eigenvalue weighted by molar-refractivity contribution is 5.75. The minimum absolute atomic E-state index is 0.0967. The molecule has 1 aromatic rings. The summed E-state index contributed by atoms with van der Waals surface area (Å²) in [6, 6.07) is -0.418. The fourth-order valence-electron chi connectivity index (χ4n) is 2.17. The van der Waals surface area contributed by atoms with Crippen LogP contribution in [0.15, 0.2) is 4.79 Å². The molecule has 1 heterocycles. The molecule has 1 saturated carbocycles. The molecular weight excluding hydrogens is 222 g/mol. The summed E-state index contributed by atoms with van der Waals surface area (Å²) in [6.07, 6.45) is 5.29. The van der Waals surface area contributed by atoms with Crippen LogP contribution in [0.25, 0.3) is 0 Å². The first-order chi connectivity index (χ1) is 8.24. The molecule has 0 bridgehead atoms. The fraction of sp³-hybridized carbons (Fsp3) is 0.800. The van der Waals surface area contributed by atoms with E-state index in [1.807, 2.05) is 0 Å². The summed E-state index contributed by atoms with van der Waals surface area (Å²) in [6.45, 7) is 2.25. The van der Waals surface area contributed by atoms with Gasteiger partial charge in [-0.25, -0.2) is 9.59 Å². The molecule has 1 fully saturated rings. The predicted molar refractivity (Wildman–Crippen MR) is 60.9 cm³/mol. The normalized spacial score (nSPS) is 17.0. The van der Waals surface area contributed by atoms with Crippen molar-refractivity contribution < 1.29 is 4.79 Å². The maximum Gasteiger partial charge on any atom is 0.372 e. The average Bonchev–Trinajstić information content (AvgIpc) is 2.72. The van der Waals surface area contributed by atoms with E-state index in [0.717, 1.165) is 30.4 Å². The molecule has 17 heavy (non-hydrogen) atoms. The molecule has 7 heteroatoms. The third kappa shape index (κ3) is 2.37. The Labute approximate surface area is 98.8 Å². The first-order valence-electron chi connectivity index (χ1n) is 6.06. The molecule has 1 aromatic heterocycles. The zero-order chi connectivity index (χ0) is 12.3. The predicted octanol–water partition coefficient (Wildman–Crippen LogP) is 0.523. The molecule has 0 atom stereocenters. The van der Waals surface area contributed by atoms with Crippen molar-refractivity contribution in [1.29, 1.82) is 0 Å². The number of hydrogen-bond donors (Lipinski definition) is 1. The summed E-state index contributed by atoms with van der Waals surface area (Å²) in [5.41, 5.74) is -0.442. The summed E-state index contributed by atoms with van der Waals surface area (Å²) >= 11 is 0. The third-order valence-corrected chi connectivity index (χ3v) is 3.04. The first-order valence-corrected chi connectivity index (χ1v) is 6.06. The van der Waals surface area contributed by atoms with Crippen LogP contribution in [0.3, 0.4) is 0 Å². The molecule has 0 radical (unpaired) electrons. The zero-order valence-corrected chi connectivity index (χ0v) is 9.93. The van der Waals surface area contributed by atoms with Gasteiger partial charge in [0, 0.05) is 6.54 Å². The largest absolute Gasteiger partial charge is 0.372 e. The lowest BCUT2D eigenvalue weighted by atomic mass is 9.96. The van der Waals surface area contributed by atoms with Crippen molar-refractivity contribution in [2.75, 3.05) is 6.54 Å². The average molecular weight is 239 g/mol. The van der Waals surface area contributed by atoms with Gasteiger partial charge in [-0.15, -0.1) is 4.68 Å². The molecule has 1 aliphatic rings. The minimum Gasteiger partial charge on any atom is -0.336 e. The van der Waals surface area contributed by atoms with Gasteiger partial charge in [-0.2, -0.15) is 4.68 Å². The molecule has 0 aliphatic heterocycles. The number of carbonyl (C=O) groups excluding carboxylic acids is 1. The molecule has 0 unspecified atom stereocenters. The summed E-state index contributed by atoms with van der Waals surface area (Å²) in [7, 11) is 0. The van der Waals surface area contributed by atoms with Crippen molar-refractivity contribution in [1.82, 2.24) is 25.1 Å². The maximum absolute atomic E-state index is 11.9. The van der Waals surface area contributed by atoms with E-state index < -0.39 is 11.7 Å². The van der Waals surface area contributed by atoms with Crippen molar-refractivity contribution in [3.63, 3.8) is 0 Å². The second-order valence-electron chi connectivity index (χ2n) is 4.25. The maximum atomic E-state index is 11.9. The number of rotatable bonds is 2. The van der Waals surface area contributed by atoms with E-state index in [2.05, 4.69) is 15.7 Å². The quantitative estimate of drug-likeness (QED) is 0.763. The molecular formula is C10H17N5O2. The number of tetrazole rings is 1. The topological polar surface area (TPSA) is 81.8 Å². The minimum atomic E-state index is -0.514. The molecule has 2 rings (SSSR count). The zero-order valence-electron chi connectivity index (χ0n) is 9.93. The van der Waals surface area contributed by atoms with Crippen molar-refractivity contribution in [3.05, 3.63) is 10.5 Å². The van der Waals surface area contributed by atoms with Gasteiger partial charge in [-0.05, 0) is 30.2 Å². The lowest BCUT2D eigenvalue weighted by Gasteiger charge is -2.19. The van der Waals surface area contributed by atoms with Crippen LogP contribution >= 0.6 is 0 Å². The Morgan fingerprint density at radius 3 is 2.71 bits per heavy atom. The van der Waals surface area contributed by atoms with E-state index in [1.54, 1.807) is 6.92 Å². The van der Waals surface area contributed by atoms with Gasteiger partial charge < -0.3 is 5.32 Å². The van der Waals surface area contributed by atoms with Gasteiger partial charge in [0.15, 0.2) is 0 Å². The Hall–Kier alpha value is -1.66. The van der Waals surface area contributed by atoms with E-state index in [0.29, 0.717) is 6.54 Å². The molecule has 1 N–H and O–H groups in total. The van der Waals surface area contributed by atoms with Crippen LogP contribution in [0.2, 0.25) is 0 Å². The Morgan fingerprint density at radius 2 is 2.06 bits per heavy atom. The van der Waals surface area contributed by atoms with E-state index in [-0.39, 0.29) is 6.04 Å². The van der Waals surface area contributed by atoms with Crippen LogP contribution in [-0.4, -0.2) is 32.4 Å². The number of hydrogen-bond acceptors (Lipinski definition) is 4. The Bertz CT molecular complexity index is 444. The SMILES string of the molecule is CCNC(=O)n1nnn(C2CCCCC2)c1=O. The van der Waals surface area contributed by atoms with Gasteiger partial charge in [0.05, 0.1) is 6.04 Å². The van der Waals surface area contributed by atoms with Crippen LogP contribution in [0.1, 0.15) is 45.1 Å². The third-order valence-electron chi connectivity index (χ3n) is 3.04. The van der Waals surface area contributed by atoms with Gasteiger partial charge in [0.25, 0.3) is 0 Å². The van der Waals surface area contributed by atoms with Gasteiger partial charge in [-0.3, -0.25) is 0 Å². The smallest absolute Gasteiger partial charge is 0.336 e. The van der Waals surface area contributed by atoms with E-state index in [4.69, 9.17) is 0 Å². The van der Waals surface area contributed by atoms with Gasteiger partial charge in [0.1, 0.15) is 0 Å². The summed E-state index contributed by atoms with van der Waals surface area (Å²) in [5.74, 6) is 0. The highest BCUT2D eigenvalue weighted by Gasteiger charge is 2.21. The van der Waals surface area contributed by atoms with Gasteiger partial charge in [-0.1, -0.05) is 19.3 Å². The number of nitrogens with zero attached hydrogens (tertiary/aromatic N) is 4. The molecule has 0 saturated heterocycles. The van der Waals surface area contributed by atoms with Crippen LogP contribution in [0.4, 0.5) is 4.79 Å². The number of amides is 1. The highest BCUT2D eigenvalue weighted by Crippen LogP contribution is 2.25. The van der Waals surface area contributed by atoms with E-state index >= 15 is 0 Å². The van der Waals surface area contributed by atoms with Crippen LogP contribution in [0, 0.1) is 0 Å². The summed E-state index contributed by atoms with van der Waals surface area (Å²) in [4.78, 5) is 23.4. The standard InChI is InChI=1S/C10H17N5O2/c1-2-11-9(16)15-10(17)14(12-13-15)8-6-4-3-5-7-8/h8H,2-7H2,1H3,(H,11,16). The Balaban J connectivity index is 2.20. The van der Waals surface area contributed by atoms with Gasteiger partial charge >= 0.3 is 11.7 Å². The van der Waals surface area contributed by atoms with Crippen LogP contribution < -0.4 is 11.0 Å². The number of nitrogens with one attached hydrogen (secondary N) is 1. The number of carbonyl (C=O) groups is 1. The van der Waals surface area contributed by atoms with Crippen molar-refractivity contribution >= 4 is 6.03 Å². The fourth-order valence-corrected chi connectivity index (χ4v) is 2.17. The van der Waals surface area contributed by atoms with E-state index in [9.17, 15) is 9.59 Å². The molecule has 1 amide bonds. The molecule has 1 aliphatic carbocycles. The lowest BCUT2D eigenvalue weighted by molar-refractivity contribution is 0.238. The first kappa shape index (κ1) is 11.8. The second kappa shape index (κ2) is 5.11. The van der Waals surface area contributed by atoms with Crippen LogP contribution in [-0.2, 0) is 0 Å².